The Morgan fingerprint density at radius 1 is 0.909 bits per heavy atom. The molecule has 3 aromatic rings. The maximum absolute atomic E-state index is 12.5. The summed E-state index contributed by atoms with van der Waals surface area (Å²) < 4.78 is 7.08. The molecular weight excluding hydrogens is 422 g/mol. The number of methoxy groups -OCH3 is 1. The highest BCUT2D eigenvalue weighted by Gasteiger charge is 2.38. The third-order valence-corrected chi connectivity index (χ3v) is 5.70. The van der Waals surface area contributed by atoms with Crippen LogP contribution >= 0.6 is 0 Å². The zero-order chi connectivity index (χ0) is 23.7. The molecule has 0 unspecified atom stereocenters. The van der Waals surface area contributed by atoms with E-state index in [-0.39, 0.29) is 11.6 Å². The molecule has 0 radical (unpaired) electrons. The number of imidazole rings is 1. The quantitative estimate of drug-likeness (QED) is 0.586. The van der Waals surface area contributed by atoms with Crippen LogP contribution in [-0.2, 0) is 24.7 Å². The highest BCUT2D eigenvalue weighted by molar-refractivity contribution is 6.47. The lowest BCUT2D eigenvalue weighted by molar-refractivity contribution is -0.119. The fourth-order valence-electron chi connectivity index (χ4n) is 3.69. The van der Waals surface area contributed by atoms with Crippen LogP contribution in [0.4, 0.5) is 10.7 Å². The van der Waals surface area contributed by atoms with E-state index in [2.05, 4.69) is 4.99 Å². The van der Waals surface area contributed by atoms with Crippen LogP contribution in [0.2, 0.25) is 0 Å². The van der Waals surface area contributed by atoms with Gasteiger partial charge in [-0.1, -0.05) is 24.3 Å². The lowest BCUT2D eigenvalue weighted by atomic mass is 10.0. The summed E-state index contributed by atoms with van der Waals surface area (Å²) in [5.41, 5.74) is 3.77. The summed E-state index contributed by atoms with van der Waals surface area (Å²) in [5.74, 6) is 0.870. The standard InChI is InChI=1S/C24H25N5O4/c1-27-20(14-16-5-9-17(30)10-6-16)19(13-15-7-11-18(33-4)12-8-15)25-23(27)26-21-22(31)29(3)24(32)28(21)2/h5-12,30H,13-14H2,1-4H3/b26-21-. The first kappa shape index (κ1) is 22.1. The third kappa shape index (κ3) is 4.30. The maximum atomic E-state index is 12.5. The van der Waals surface area contributed by atoms with Gasteiger partial charge in [0.15, 0.2) is 0 Å². The lowest BCUT2D eigenvalue weighted by Crippen LogP contribution is -2.27. The van der Waals surface area contributed by atoms with Crippen molar-refractivity contribution in [3.05, 3.63) is 71.0 Å². The van der Waals surface area contributed by atoms with E-state index in [4.69, 9.17) is 9.72 Å². The largest absolute Gasteiger partial charge is 0.508 e. The van der Waals surface area contributed by atoms with Crippen molar-refractivity contribution in [2.24, 2.45) is 12.0 Å². The molecule has 4 rings (SSSR count). The molecular formula is C24H25N5O4. The molecule has 33 heavy (non-hydrogen) atoms. The van der Waals surface area contributed by atoms with Crippen molar-refractivity contribution >= 4 is 23.7 Å². The number of benzene rings is 2. The molecule has 9 nitrogen and oxygen atoms in total. The highest BCUT2D eigenvalue weighted by Crippen LogP contribution is 2.25. The number of hydrogen-bond donors (Lipinski definition) is 1. The van der Waals surface area contributed by atoms with Crippen LogP contribution in [0.25, 0.3) is 0 Å². The average Bonchev–Trinajstić information content (AvgIpc) is 3.20. The first-order valence-electron chi connectivity index (χ1n) is 10.4. The molecule has 1 fully saturated rings. The van der Waals surface area contributed by atoms with Crippen LogP contribution in [0.3, 0.4) is 0 Å². The molecule has 0 atom stereocenters. The van der Waals surface area contributed by atoms with Crippen LogP contribution in [0, 0.1) is 0 Å². The van der Waals surface area contributed by atoms with Gasteiger partial charge in [-0.25, -0.2) is 9.78 Å². The van der Waals surface area contributed by atoms with E-state index in [1.165, 1.54) is 19.0 Å². The monoisotopic (exact) mass is 447 g/mol. The first-order valence-corrected chi connectivity index (χ1v) is 10.4. The molecule has 1 aromatic heterocycles. The minimum atomic E-state index is -0.470. The van der Waals surface area contributed by atoms with Gasteiger partial charge < -0.3 is 14.4 Å². The lowest BCUT2D eigenvalue weighted by Gasteiger charge is -2.08. The van der Waals surface area contributed by atoms with Gasteiger partial charge in [-0.05, 0) is 35.4 Å². The number of nitrogens with zero attached hydrogens (tertiary/aromatic N) is 5. The van der Waals surface area contributed by atoms with Gasteiger partial charge in [-0.3, -0.25) is 14.6 Å². The number of carbonyl (C=O) groups excluding carboxylic acids is 2. The van der Waals surface area contributed by atoms with Crippen molar-refractivity contribution in [3.63, 3.8) is 0 Å². The molecule has 0 aliphatic carbocycles. The van der Waals surface area contributed by atoms with Crippen LogP contribution in [0.15, 0.2) is 53.5 Å². The smallest absolute Gasteiger partial charge is 0.332 e. The molecule has 0 bridgehead atoms. The molecule has 0 spiro atoms. The Kier molecular flexibility index (Phi) is 5.87. The maximum Gasteiger partial charge on any atom is 0.332 e. The second kappa shape index (κ2) is 8.78. The molecule has 170 valence electrons. The van der Waals surface area contributed by atoms with Gasteiger partial charge in [-0.2, -0.15) is 4.99 Å². The molecule has 3 amide bonds. The summed E-state index contributed by atoms with van der Waals surface area (Å²) in [6, 6.07) is 14.3. The summed E-state index contributed by atoms with van der Waals surface area (Å²) in [7, 11) is 6.40. The van der Waals surface area contributed by atoms with Crippen molar-refractivity contribution < 1.29 is 19.4 Å². The second-order valence-corrected chi connectivity index (χ2v) is 7.87. The highest BCUT2D eigenvalue weighted by atomic mass is 16.5. The Labute approximate surface area is 191 Å². The van der Waals surface area contributed by atoms with Crippen LogP contribution in [-0.4, -0.2) is 63.4 Å². The summed E-state index contributed by atoms with van der Waals surface area (Å²) in [6.45, 7) is 0. The number of aliphatic imine (C=N–C) groups is 1. The third-order valence-electron chi connectivity index (χ3n) is 5.70. The minimum Gasteiger partial charge on any atom is -0.508 e. The Hall–Kier alpha value is -4.14. The summed E-state index contributed by atoms with van der Waals surface area (Å²) in [4.78, 5) is 36.0. The molecule has 1 aliphatic heterocycles. The molecule has 2 heterocycles. The number of phenols is 1. The van der Waals surface area contributed by atoms with Crippen LogP contribution in [0.1, 0.15) is 22.5 Å². The van der Waals surface area contributed by atoms with E-state index < -0.39 is 11.9 Å². The van der Waals surface area contributed by atoms with Crippen molar-refractivity contribution in [1.82, 2.24) is 19.4 Å². The van der Waals surface area contributed by atoms with Gasteiger partial charge in [0.1, 0.15) is 11.5 Å². The van der Waals surface area contributed by atoms with Gasteiger partial charge in [0.05, 0.1) is 12.8 Å². The molecule has 1 aliphatic rings. The number of imide groups is 1. The van der Waals surface area contributed by atoms with Crippen LogP contribution < -0.4 is 4.74 Å². The molecule has 2 aromatic carbocycles. The zero-order valence-electron chi connectivity index (χ0n) is 18.9. The van der Waals surface area contributed by atoms with Crippen LogP contribution in [0.5, 0.6) is 11.5 Å². The fourth-order valence-corrected chi connectivity index (χ4v) is 3.69. The number of urea groups is 1. The van der Waals surface area contributed by atoms with Crippen molar-refractivity contribution in [1.29, 1.82) is 0 Å². The second-order valence-electron chi connectivity index (χ2n) is 7.87. The van der Waals surface area contributed by atoms with Gasteiger partial charge in [0.25, 0.3) is 5.91 Å². The topological polar surface area (TPSA) is 100 Å². The number of rotatable bonds is 6. The molecule has 9 heteroatoms. The molecule has 1 saturated heterocycles. The predicted octanol–water partition coefficient (Wildman–Crippen LogP) is 2.87. The number of amidine groups is 1. The number of carbonyl (C=O) groups is 2. The first-order chi connectivity index (χ1) is 15.8. The Morgan fingerprint density at radius 2 is 1.52 bits per heavy atom. The number of phenolic OH excluding ortho intramolecular Hbond substituents is 1. The predicted molar refractivity (Wildman–Crippen MR) is 123 cm³/mol. The van der Waals surface area contributed by atoms with Crippen molar-refractivity contribution in [3.8, 4) is 11.5 Å². The van der Waals surface area contributed by atoms with Gasteiger partial charge in [-0.15, -0.1) is 0 Å². The number of aromatic hydroxyl groups is 1. The zero-order valence-corrected chi connectivity index (χ0v) is 18.9. The summed E-state index contributed by atoms with van der Waals surface area (Å²) in [5, 5.41) is 9.61. The number of likely N-dealkylation sites (N-methyl/N-ethyl adjacent to an activating group) is 2. The fraction of sp³-hybridized carbons (Fsp3) is 0.250. The normalized spacial score (nSPS) is 15.1. The Bertz CT molecular complexity index is 1230. The summed E-state index contributed by atoms with van der Waals surface area (Å²) >= 11 is 0. The molecule has 1 N–H and O–H groups in total. The average molecular weight is 447 g/mol. The van der Waals surface area contributed by atoms with E-state index in [0.29, 0.717) is 18.8 Å². The number of ether oxygens (including phenoxy) is 1. The van der Waals surface area contributed by atoms with Crippen molar-refractivity contribution in [2.45, 2.75) is 12.8 Å². The van der Waals surface area contributed by atoms with Gasteiger partial charge >= 0.3 is 6.03 Å². The van der Waals surface area contributed by atoms with Gasteiger partial charge in [0.2, 0.25) is 11.8 Å². The SMILES string of the molecule is COc1ccc(Cc2nc(/N=C3/C(=O)N(C)C(=O)N3C)n(C)c2Cc2ccc(O)cc2)cc1. The van der Waals surface area contributed by atoms with E-state index in [0.717, 1.165) is 33.2 Å². The van der Waals surface area contributed by atoms with Gasteiger partial charge in [0, 0.05) is 39.7 Å². The Balaban J connectivity index is 1.74. The van der Waals surface area contributed by atoms with E-state index in [1.807, 2.05) is 48.0 Å². The van der Waals surface area contributed by atoms with E-state index in [1.54, 1.807) is 19.2 Å². The minimum absolute atomic E-state index is 0.0304. The molecule has 0 saturated carbocycles. The number of hydrogen-bond acceptors (Lipinski definition) is 6. The Morgan fingerprint density at radius 3 is 2.09 bits per heavy atom. The number of amides is 3. The number of aromatic nitrogens is 2. The summed E-state index contributed by atoms with van der Waals surface area (Å²) in [6.07, 6.45) is 1.11. The van der Waals surface area contributed by atoms with E-state index >= 15 is 0 Å². The van der Waals surface area contributed by atoms with E-state index in [9.17, 15) is 14.7 Å². The van der Waals surface area contributed by atoms with Crippen molar-refractivity contribution in [2.75, 3.05) is 21.2 Å².